The molecule has 2 aromatic rings. The van der Waals surface area contributed by atoms with E-state index in [1.165, 1.54) is 17.6 Å². The molecule has 0 unspecified atom stereocenters. The molecule has 2 heterocycles. The highest BCUT2D eigenvalue weighted by Crippen LogP contribution is 2.17. The average molecular weight is 237 g/mol. The molecular formula is C10H11N3O2S. The van der Waals surface area contributed by atoms with Gasteiger partial charge >= 0.3 is 0 Å². The Labute approximate surface area is 96.5 Å². The van der Waals surface area contributed by atoms with Crippen molar-refractivity contribution in [3.63, 3.8) is 0 Å². The summed E-state index contributed by atoms with van der Waals surface area (Å²) in [5.74, 6) is 0.0227. The highest BCUT2D eigenvalue weighted by Gasteiger charge is 2.14. The summed E-state index contributed by atoms with van der Waals surface area (Å²) in [5, 5.41) is 11.8. The van der Waals surface area contributed by atoms with Crippen molar-refractivity contribution in [2.45, 2.75) is 20.3 Å². The van der Waals surface area contributed by atoms with Crippen LogP contribution in [0.25, 0.3) is 0 Å². The Morgan fingerprint density at radius 3 is 2.94 bits per heavy atom. The Kier molecular flexibility index (Phi) is 3.00. The maximum absolute atomic E-state index is 11.7. The Hall–Kier alpha value is -1.69. The smallest absolute Gasteiger partial charge is 0.293 e. The van der Waals surface area contributed by atoms with Crippen LogP contribution in [-0.4, -0.2) is 16.1 Å². The summed E-state index contributed by atoms with van der Waals surface area (Å²) in [4.78, 5) is 11.7. The van der Waals surface area contributed by atoms with Crippen LogP contribution in [0.2, 0.25) is 0 Å². The van der Waals surface area contributed by atoms with Crippen molar-refractivity contribution in [3.8, 4) is 0 Å². The number of nitrogens with one attached hydrogen (secondary N) is 1. The molecule has 0 radical (unpaired) electrons. The van der Waals surface area contributed by atoms with Gasteiger partial charge in [0.15, 0.2) is 5.76 Å². The number of rotatable bonds is 3. The fourth-order valence-corrected chi connectivity index (χ4v) is 1.88. The molecule has 0 saturated carbocycles. The zero-order chi connectivity index (χ0) is 11.5. The van der Waals surface area contributed by atoms with Crippen molar-refractivity contribution in [3.05, 3.63) is 28.7 Å². The maximum atomic E-state index is 11.7. The number of amides is 1. The second-order valence-corrected chi connectivity index (χ2v) is 4.30. The minimum atomic E-state index is -0.290. The van der Waals surface area contributed by atoms with Crippen molar-refractivity contribution >= 4 is 22.4 Å². The molecule has 0 aromatic carbocycles. The Morgan fingerprint density at radius 2 is 2.38 bits per heavy atom. The monoisotopic (exact) mass is 237 g/mol. The number of carbonyl (C=O) groups is 1. The third kappa shape index (κ3) is 2.11. The van der Waals surface area contributed by atoms with Gasteiger partial charge in [0.05, 0.1) is 6.26 Å². The molecular weight excluding hydrogens is 226 g/mol. The molecule has 84 valence electrons. The number of nitrogens with zero attached hydrogens (tertiary/aromatic N) is 2. The second kappa shape index (κ2) is 4.44. The summed E-state index contributed by atoms with van der Waals surface area (Å²) in [6.07, 6.45) is 2.30. The van der Waals surface area contributed by atoms with E-state index in [2.05, 4.69) is 15.5 Å². The highest BCUT2D eigenvalue weighted by atomic mass is 32.1. The molecule has 0 aliphatic carbocycles. The van der Waals surface area contributed by atoms with Crippen LogP contribution < -0.4 is 5.32 Å². The van der Waals surface area contributed by atoms with E-state index in [1.807, 2.05) is 13.8 Å². The van der Waals surface area contributed by atoms with E-state index in [0.717, 1.165) is 17.0 Å². The second-order valence-electron chi connectivity index (χ2n) is 3.24. The summed E-state index contributed by atoms with van der Waals surface area (Å²) in [6.45, 7) is 3.80. The fraction of sp³-hybridized carbons (Fsp3) is 0.300. The van der Waals surface area contributed by atoms with Crippen LogP contribution in [0.3, 0.4) is 0 Å². The van der Waals surface area contributed by atoms with E-state index < -0.39 is 0 Å². The summed E-state index contributed by atoms with van der Waals surface area (Å²) in [6, 6.07) is 1.74. The normalized spacial score (nSPS) is 10.4. The molecule has 2 aromatic heterocycles. The number of hydrogen-bond donors (Lipinski definition) is 1. The number of anilines is 1. The maximum Gasteiger partial charge on any atom is 0.293 e. The molecule has 6 heteroatoms. The molecule has 0 aliphatic rings. The van der Waals surface area contributed by atoms with E-state index in [9.17, 15) is 4.79 Å². The molecule has 2 rings (SSSR count). The van der Waals surface area contributed by atoms with Crippen molar-refractivity contribution in [1.82, 2.24) is 10.2 Å². The summed E-state index contributed by atoms with van der Waals surface area (Å²) < 4.78 is 5.08. The topological polar surface area (TPSA) is 68.0 Å². The molecule has 1 N–H and O–H groups in total. The summed E-state index contributed by atoms with van der Waals surface area (Å²) in [7, 11) is 0. The van der Waals surface area contributed by atoms with Gasteiger partial charge in [-0.25, -0.2) is 0 Å². The molecule has 0 aliphatic heterocycles. The molecule has 0 atom stereocenters. The largest absolute Gasteiger partial charge is 0.459 e. The molecule has 5 nitrogen and oxygen atoms in total. The van der Waals surface area contributed by atoms with Crippen LogP contribution in [0.1, 0.15) is 28.0 Å². The first-order chi connectivity index (χ1) is 7.70. The lowest BCUT2D eigenvalue weighted by Gasteiger charge is -1.97. The quantitative estimate of drug-likeness (QED) is 0.889. The van der Waals surface area contributed by atoms with E-state index >= 15 is 0 Å². The number of hydrogen-bond acceptors (Lipinski definition) is 5. The lowest BCUT2D eigenvalue weighted by Crippen LogP contribution is -2.11. The number of aromatic nitrogens is 2. The lowest BCUT2D eigenvalue weighted by molar-refractivity contribution is 0.0996. The molecule has 1 amide bonds. The third-order valence-corrected chi connectivity index (χ3v) is 3.04. The van der Waals surface area contributed by atoms with Crippen LogP contribution in [0, 0.1) is 6.92 Å². The molecule has 0 fully saturated rings. The Morgan fingerprint density at radius 1 is 1.56 bits per heavy atom. The van der Waals surface area contributed by atoms with Gasteiger partial charge in [-0.3, -0.25) is 10.1 Å². The molecule has 0 spiro atoms. The number of aryl methyl sites for hydroxylation is 2. The van der Waals surface area contributed by atoms with Gasteiger partial charge in [0.25, 0.3) is 5.91 Å². The van der Waals surface area contributed by atoms with Gasteiger partial charge in [0.1, 0.15) is 5.01 Å². The zero-order valence-corrected chi connectivity index (χ0v) is 9.80. The molecule has 16 heavy (non-hydrogen) atoms. The van der Waals surface area contributed by atoms with Gasteiger partial charge in [0.2, 0.25) is 5.13 Å². The van der Waals surface area contributed by atoms with Gasteiger partial charge < -0.3 is 4.42 Å². The summed E-state index contributed by atoms with van der Waals surface area (Å²) in [5.41, 5.74) is 0.803. The zero-order valence-electron chi connectivity index (χ0n) is 8.98. The third-order valence-electron chi connectivity index (χ3n) is 2.06. The van der Waals surface area contributed by atoms with Crippen molar-refractivity contribution < 1.29 is 9.21 Å². The van der Waals surface area contributed by atoms with Crippen LogP contribution in [-0.2, 0) is 6.42 Å². The first-order valence-corrected chi connectivity index (χ1v) is 5.70. The van der Waals surface area contributed by atoms with E-state index in [-0.39, 0.29) is 5.91 Å². The molecule has 0 bridgehead atoms. The predicted octanol–water partition coefficient (Wildman–Crippen LogP) is 2.25. The first kappa shape index (κ1) is 10.8. The van der Waals surface area contributed by atoms with Crippen molar-refractivity contribution in [1.29, 1.82) is 0 Å². The van der Waals surface area contributed by atoms with Crippen LogP contribution >= 0.6 is 11.3 Å². The van der Waals surface area contributed by atoms with Crippen LogP contribution in [0.15, 0.2) is 16.7 Å². The Bertz CT molecular complexity index is 504. The van der Waals surface area contributed by atoms with Gasteiger partial charge in [0, 0.05) is 5.56 Å². The standard InChI is InChI=1S/C10H11N3O2S/c1-3-7-12-13-10(16-7)11-9(14)8-6(2)4-5-15-8/h4-5H,3H2,1-2H3,(H,11,13,14). The van der Waals surface area contributed by atoms with Gasteiger partial charge in [-0.05, 0) is 19.4 Å². The first-order valence-electron chi connectivity index (χ1n) is 4.88. The summed E-state index contributed by atoms with van der Waals surface area (Å²) >= 11 is 1.37. The van der Waals surface area contributed by atoms with E-state index in [0.29, 0.717) is 10.9 Å². The minimum Gasteiger partial charge on any atom is -0.459 e. The van der Waals surface area contributed by atoms with Crippen molar-refractivity contribution in [2.75, 3.05) is 5.32 Å². The number of carbonyl (C=O) groups excluding carboxylic acids is 1. The van der Waals surface area contributed by atoms with Crippen LogP contribution in [0.4, 0.5) is 5.13 Å². The predicted molar refractivity (Wildman–Crippen MR) is 60.7 cm³/mol. The SMILES string of the molecule is CCc1nnc(NC(=O)c2occc2C)s1. The molecule has 0 saturated heterocycles. The van der Waals surface area contributed by atoms with Gasteiger partial charge in [-0.2, -0.15) is 0 Å². The average Bonchev–Trinajstić information content (AvgIpc) is 2.86. The van der Waals surface area contributed by atoms with Crippen LogP contribution in [0.5, 0.6) is 0 Å². The van der Waals surface area contributed by atoms with Gasteiger partial charge in [-0.15, -0.1) is 10.2 Å². The van der Waals surface area contributed by atoms with Crippen molar-refractivity contribution in [2.24, 2.45) is 0 Å². The minimum absolute atomic E-state index is 0.290. The fourth-order valence-electron chi connectivity index (χ4n) is 1.21. The Balaban J connectivity index is 2.11. The van der Waals surface area contributed by atoms with Gasteiger partial charge in [-0.1, -0.05) is 18.3 Å². The number of furan rings is 1. The van der Waals surface area contributed by atoms with E-state index in [1.54, 1.807) is 6.07 Å². The lowest BCUT2D eigenvalue weighted by atomic mass is 10.3. The highest BCUT2D eigenvalue weighted by molar-refractivity contribution is 7.15. The van der Waals surface area contributed by atoms with E-state index in [4.69, 9.17) is 4.42 Å².